The van der Waals surface area contributed by atoms with Crippen molar-refractivity contribution in [3.05, 3.63) is 82.3 Å². The van der Waals surface area contributed by atoms with Gasteiger partial charge in [0.15, 0.2) is 5.76 Å². The first-order valence-corrected chi connectivity index (χ1v) is 11.6. The summed E-state index contributed by atoms with van der Waals surface area (Å²) >= 11 is 6.27. The predicted octanol–water partition coefficient (Wildman–Crippen LogP) is 5.66. The van der Waals surface area contributed by atoms with E-state index in [1.807, 2.05) is 43.1 Å². The molecule has 0 aliphatic heterocycles. The molecule has 0 saturated carbocycles. The number of aryl methyl sites for hydroxylation is 2. The van der Waals surface area contributed by atoms with E-state index in [2.05, 4.69) is 29.4 Å². The Kier molecular flexibility index (Phi) is 7.07. The third-order valence-corrected chi connectivity index (χ3v) is 5.82. The number of hydrogen-bond acceptors (Lipinski definition) is 5. The second-order valence-electron chi connectivity index (χ2n) is 8.43. The van der Waals surface area contributed by atoms with Crippen LogP contribution >= 0.6 is 11.6 Å². The lowest BCUT2D eigenvalue weighted by Crippen LogP contribution is -2.10. The first-order valence-electron chi connectivity index (χ1n) is 11.2. The smallest absolute Gasteiger partial charge is 0.291 e. The van der Waals surface area contributed by atoms with Crippen LogP contribution in [0.15, 0.2) is 53.5 Å². The number of furan rings is 1. The Balaban J connectivity index is 1.36. The van der Waals surface area contributed by atoms with Crippen LogP contribution in [0.3, 0.4) is 0 Å². The molecule has 0 spiro atoms. The van der Waals surface area contributed by atoms with Gasteiger partial charge in [0.05, 0.1) is 24.6 Å². The van der Waals surface area contributed by atoms with E-state index in [1.165, 1.54) is 0 Å². The van der Waals surface area contributed by atoms with Gasteiger partial charge >= 0.3 is 0 Å². The fourth-order valence-electron chi connectivity index (χ4n) is 3.53. The molecule has 1 N–H and O–H groups in total. The van der Waals surface area contributed by atoms with Gasteiger partial charge in [-0.2, -0.15) is 10.2 Å². The molecule has 178 valence electrons. The maximum Gasteiger partial charge on any atom is 0.291 e. The third kappa shape index (κ3) is 5.51. The van der Waals surface area contributed by atoms with Crippen LogP contribution in [0.2, 0.25) is 5.02 Å². The van der Waals surface area contributed by atoms with E-state index in [4.69, 9.17) is 20.8 Å². The Morgan fingerprint density at radius 3 is 2.71 bits per heavy atom. The summed E-state index contributed by atoms with van der Waals surface area (Å²) in [6.45, 7) is 9.74. The van der Waals surface area contributed by atoms with Gasteiger partial charge in [0.2, 0.25) is 0 Å². The van der Waals surface area contributed by atoms with Crippen LogP contribution in [-0.4, -0.2) is 25.5 Å². The second kappa shape index (κ2) is 10.2. The summed E-state index contributed by atoms with van der Waals surface area (Å²) < 4.78 is 15.3. The molecule has 0 aliphatic carbocycles. The number of hydrogen-bond donors (Lipinski definition) is 1. The maximum atomic E-state index is 12.6. The highest BCUT2D eigenvalue weighted by atomic mass is 35.5. The topological polar surface area (TPSA) is 87.1 Å². The Bertz CT molecular complexity index is 1290. The van der Waals surface area contributed by atoms with Gasteiger partial charge in [-0.15, -0.1) is 0 Å². The first kappa shape index (κ1) is 23.6. The van der Waals surface area contributed by atoms with Crippen LogP contribution in [0.4, 0.5) is 5.69 Å². The highest BCUT2D eigenvalue weighted by molar-refractivity contribution is 6.31. The number of rotatable bonds is 9. The highest BCUT2D eigenvalue weighted by Crippen LogP contribution is 2.32. The minimum Gasteiger partial charge on any atom is -0.485 e. The van der Waals surface area contributed by atoms with Crippen molar-refractivity contribution < 1.29 is 13.9 Å². The lowest BCUT2D eigenvalue weighted by Gasteiger charge is -2.15. The molecule has 0 atom stereocenters. The van der Waals surface area contributed by atoms with E-state index in [9.17, 15) is 4.79 Å². The van der Waals surface area contributed by atoms with Gasteiger partial charge in [-0.3, -0.25) is 14.2 Å². The fraction of sp³-hybridized carbons (Fsp3) is 0.320. The van der Waals surface area contributed by atoms with Crippen LogP contribution in [0.5, 0.6) is 5.75 Å². The van der Waals surface area contributed by atoms with Crippen molar-refractivity contribution in [2.75, 3.05) is 5.32 Å². The van der Waals surface area contributed by atoms with E-state index in [1.54, 1.807) is 29.2 Å². The van der Waals surface area contributed by atoms with Crippen molar-refractivity contribution in [2.45, 2.75) is 53.3 Å². The number of ether oxygens (including phenoxy) is 1. The minimum absolute atomic E-state index is 0.201. The molecular weight excluding hydrogens is 454 g/mol. The summed E-state index contributed by atoms with van der Waals surface area (Å²) in [6, 6.07) is 7.24. The van der Waals surface area contributed by atoms with Crippen molar-refractivity contribution >= 4 is 23.2 Å². The molecule has 4 rings (SSSR count). The van der Waals surface area contributed by atoms with Crippen molar-refractivity contribution in [3.8, 4) is 5.75 Å². The zero-order valence-corrected chi connectivity index (χ0v) is 20.5. The molecule has 1 amide bonds. The van der Waals surface area contributed by atoms with E-state index in [0.29, 0.717) is 23.0 Å². The normalized spacial score (nSPS) is 11.2. The standard InChI is InChI=1S/C25H28ClN5O3/c1-5-30-12-18(10-27-30)13-31-14-19(11-28-31)29-25(32)23-7-6-20(34-23)15-33-24-8-17(4)22(26)9-21(24)16(2)3/h6-12,14,16H,5,13,15H2,1-4H3,(H,29,32). The largest absolute Gasteiger partial charge is 0.485 e. The monoisotopic (exact) mass is 481 g/mol. The maximum absolute atomic E-state index is 12.6. The van der Waals surface area contributed by atoms with Gasteiger partial charge in [0, 0.05) is 29.5 Å². The highest BCUT2D eigenvalue weighted by Gasteiger charge is 2.15. The Labute approximate surface area is 203 Å². The molecule has 1 aromatic carbocycles. The van der Waals surface area contributed by atoms with Crippen LogP contribution in [0.1, 0.15) is 59.7 Å². The number of nitrogens with one attached hydrogen (secondary N) is 1. The molecule has 0 radical (unpaired) electrons. The molecule has 0 aliphatic rings. The number of amides is 1. The average molecular weight is 482 g/mol. The molecule has 8 nitrogen and oxygen atoms in total. The van der Waals surface area contributed by atoms with Gasteiger partial charge in [-0.25, -0.2) is 0 Å². The third-order valence-electron chi connectivity index (χ3n) is 5.41. The number of nitrogens with zero attached hydrogens (tertiary/aromatic N) is 4. The molecule has 0 bridgehead atoms. The molecule has 34 heavy (non-hydrogen) atoms. The van der Waals surface area contributed by atoms with Crippen LogP contribution in [0, 0.1) is 6.92 Å². The van der Waals surface area contributed by atoms with Crippen LogP contribution < -0.4 is 10.1 Å². The minimum atomic E-state index is -0.352. The second-order valence-corrected chi connectivity index (χ2v) is 8.84. The summed E-state index contributed by atoms with van der Waals surface area (Å²) in [7, 11) is 0. The number of carbonyl (C=O) groups excluding carboxylic acids is 1. The zero-order chi connectivity index (χ0) is 24.2. The quantitative estimate of drug-likeness (QED) is 0.333. The molecule has 3 aromatic heterocycles. The number of carbonyl (C=O) groups is 1. The Morgan fingerprint density at radius 2 is 1.97 bits per heavy atom. The summed E-state index contributed by atoms with van der Waals surface area (Å²) in [5, 5.41) is 12.1. The van der Waals surface area contributed by atoms with Gasteiger partial charge < -0.3 is 14.5 Å². The zero-order valence-electron chi connectivity index (χ0n) is 19.7. The van der Waals surface area contributed by atoms with E-state index in [0.717, 1.165) is 29.0 Å². The van der Waals surface area contributed by atoms with E-state index in [-0.39, 0.29) is 24.2 Å². The molecular formula is C25H28ClN5O3. The first-order chi connectivity index (χ1) is 16.3. The van der Waals surface area contributed by atoms with Crippen molar-refractivity contribution in [1.82, 2.24) is 19.6 Å². The molecule has 0 unspecified atom stereocenters. The SMILES string of the molecule is CCn1cc(Cn2cc(NC(=O)c3ccc(COc4cc(C)c(Cl)cc4C(C)C)o3)cn2)cn1. The van der Waals surface area contributed by atoms with Gasteiger partial charge in [-0.05, 0) is 55.2 Å². The fourth-order valence-corrected chi connectivity index (χ4v) is 3.70. The predicted molar refractivity (Wildman–Crippen MR) is 131 cm³/mol. The Morgan fingerprint density at radius 1 is 1.18 bits per heavy atom. The molecule has 4 aromatic rings. The molecule has 9 heteroatoms. The van der Waals surface area contributed by atoms with E-state index >= 15 is 0 Å². The van der Waals surface area contributed by atoms with Crippen LogP contribution in [-0.2, 0) is 19.7 Å². The van der Waals surface area contributed by atoms with Crippen molar-refractivity contribution in [3.63, 3.8) is 0 Å². The lowest BCUT2D eigenvalue weighted by atomic mass is 10.0. The molecule has 3 heterocycles. The van der Waals surface area contributed by atoms with Gasteiger partial charge in [0.1, 0.15) is 18.1 Å². The number of anilines is 1. The summed E-state index contributed by atoms with van der Waals surface area (Å²) in [5.74, 6) is 1.42. The van der Waals surface area contributed by atoms with Crippen molar-refractivity contribution in [2.24, 2.45) is 0 Å². The van der Waals surface area contributed by atoms with Crippen LogP contribution in [0.25, 0.3) is 0 Å². The van der Waals surface area contributed by atoms with Gasteiger partial charge in [0.25, 0.3) is 5.91 Å². The van der Waals surface area contributed by atoms with E-state index < -0.39 is 0 Å². The van der Waals surface area contributed by atoms with Crippen molar-refractivity contribution in [1.29, 1.82) is 0 Å². The average Bonchev–Trinajstić information content (AvgIpc) is 3.55. The number of benzene rings is 1. The summed E-state index contributed by atoms with van der Waals surface area (Å²) in [4.78, 5) is 12.6. The summed E-state index contributed by atoms with van der Waals surface area (Å²) in [5.41, 5.74) is 3.59. The number of halogens is 1. The van der Waals surface area contributed by atoms with Gasteiger partial charge in [-0.1, -0.05) is 25.4 Å². The number of aromatic nitrogens is 4. The Hall–Kier alpha value is -3.52. The summed E-state index contributed by atoms with van der Waals surface area (Å²) in [6.07, 6.45) is 7.16. The lowest BCUT2D eigenvalue weighted by molar-refractivity contribution is 0.0992. The molecule has 0 saturated heterocycles. The molecule has 0 fully saturated rings.